The van der Waals surface area contributed by atoms with Gasteiger partial charge in [-0.15, -0.1) is 0 Å². The zero-order valence-corrected chi connectivity index (χ0v) is 21.9. The topological polar surface area (TPSA) is 112 Å². The molecule has 2 aromatic rings. The van der Waals surface area contributed by atoms with Crippen molar-refractivity contribution in [3.8, 4) is 17.2 Å². The zero-order chi connectivity index (χ0) is 26.0. The molecule has 0 radical (unpaired) electrons. The molecule has 0 bridgehead atoms. The fraction of sp³-hybridized carbons (Fsp3) is 0.481. The Bertz CT molecular complexity index is 1140. The van der Waals surface area contributed by atoms with Gasteiger partial charge in [0.25, 0.3) is 0 Å². The molecule has 1 heterocycles. The molecule has 2 aromatic carbocycles. The summed E-state index contributed by atoms with van der Waals surface area (Å²) in [6.07, 6.45) is 1.40. The van der Waals surface area contributed by atoms with E-state index in [0.29, 0.717) is 18.9 Å². The van der Waals surface area contributed by atoms with Crippen molar-refractivity contribution in [3.63, 3.8) is 0 Å². The first-order valence-corrected chi connectivity index (χ1v) is 13.9. The zero-order valence-electron chi connectivity index (χ0n) is 21.1. The summed E-state index contributed by atoms with van der Waals surface area (Å²) in [5, 5.41) is 11.5. The van der Waals surface area contributed by atoms with Gasteiger partial charge in [0.15, 0.2) is 0 Å². The van der Waals surface area contributed by atoms with Crippen LogP contribution in [0.3, 0.4) is 0 Å². The van der Waals surface area contributed by atoms with Crippen molar-refractivity contribution < 1.29 is 17.9 Å². The second-order valence-corrected chi connectivity index (χ2v) is 11.2. The van der Waals surface area contributed by atoms with Crippen molar-refractivity contribution in [1.29, 1.82) is 5.26 Å². The molecule has 3 rings (SSSR count). The van der Waals surface area contributed by atoms with E-state index in [1.807, 2.05) is 30.3 Å². The Morgan fingerprint density at radius 3 is 2.50 bits per heavy atom. The third kappa shape index (κ3) is 8.14. The minimum Gasteiger partial charge on any atom is -0.379 e. The lowest BCUT2D eigenvalue weighted by Gasteiger charge is -2.26. The number of nitrogens with one attached hydrogen (secondary N) is 2. The molecule has 1 saturated heterocycles. The smallest absolute Gasteiger partial charge is 0.240 e. The Labute approximate surface area is 214 Å². The van der Waals surface area contributed by atoms with E-state index in [4.69, 9.17) is 10.00 Å². The Balaban J connectivity index is 1.66. The van der Waals surface area contributed by atoms with Crippen LogP contribution in [0, 0.1) is 17.2 Å². The third-order valence-corrected chi connectivity index (χ3v) is 7.68. The van der Waals surface area contributed by atoms with Crippen LogP contribution in [0.1, 0.15) is 38.2 Å². The molecule has 9 heteroatoms. The van der Waals surface area contributed by atoms with E-state index in [-0.39, 0.29) is 23.3 Å². The summed E-state index contributed by atoms with van der Waals surface area (Å²) in [7, 11) is -3.59. The number of hydrogen-bond acceptors (Lipinski definition) is 6. The van der Waals surface area contributed by atoms with Crippen LogP contribution in [-0.2, 0) is 19.6 Å². The summed E-state index contributed by atoms with van der Waals surface area (Å²) in [5.74, 6) is -0.222. The number of nitrogens with zero attached hydrogens (tertiary/aromatic N) is 2. The minimum absolute atomic E-state index is 0.0235. The summed E-state index contributed by atoms with van der Waals surface area (Å²) < 4.78 is 33.5. The summed E-state index contributed by atoms with van der Waals surface area (Å²) in [6, 6.07) is 16.5. The predicted octanol–water partition coefficient (Wildman–Crippen LogP) is 3.12. The van der Waals surface area contributed by atoms with E-state index < -0.39 is 10.0 Å². The van der Waals surface area contributed by atoms with Gasteiger partial charge >= 0.3 is 0 Å². The van der Waals surface area contributed by atoms with Crippen LogP contribution in [0.4, 0.5) is 0 Å². The van der Waals surface area contributed by atoms with Gasteiger partial charge in [-0.05, 0) is 54.1 Å². The van der Waals surface area contributed by atoms with Crippen LogP contribution in [-0.4, -0.2) is 65.2 Å². The first kappa shape index (κ1) is 27.8. The van der Waals surface area contributed by atoms with Gasteiger partial charge in [0.2, 0.25) is 15.9 Å². The molecule has 1 aliphatic heterocycles. The van der Waals surface area contributed by atoms with Gasteiger partial charge < -0.3 is 10.1 Å². The van der Waals surface area contributed by atoms with Gasteiger partial charge in [0, 0.05) is 19.6 Å². The summed E-state index contributed by atoms with van der Waals surface area (Å²) >= 11 is 0. The average Bonchev–Trinajstić information content (AvgIpc) is 2.89. The Kier molecular flexibility index (Phi) is 10.4. The van der Waals surface area contributed by atoms with Crippen LogP contribution in [0.5, 0.6) is 0 Å². The van der Waals surface area contributed by atoms with Crippen molar-refractivity contribution in [2.45, 2.75) is 37.5 Å². The van der Waals surface area contributed by atoms with Crippen molar-refractivity contribution in [1.82, 2.24) is 14.9 Å². The van der Waals surface area contributed by atoms with Crippen LogP contribution in [0.15, 0.2) is 53.4 Å². The molecule has 0 spiro atoms. The van der Waals surface area contributed by atoms with Crippen molar-refractivity contribution in [2.24, 2.45) is 5.92 Å². The number of ether oxygens (including phenoxy) is 1. The van der Waals surface area contributed by atoms with Crippen LogP contribution in [0.25, 0.3) is 11.1 Å². The largest absolute Gasteiger partial charge is 0.379 e. The van der Waals surface area contributed by atoms with Crippen LogP contribution >= 0.6 is 0 Å². The maximum Gasteiger partial charge on any atom is 0.240 e. The monoisotopic (exact) mass is 512 g/mol. The van der Waals surface area contributed by atoms with E-state index in [9.17, 15) is 13.2 Å². The number of benzene rings is 2. The van der Waals surface area contributed by atoms with Crippen molar-refractivity contribution in [2.75, 3.05) is 45.9 Å². The lowest BCUT2D eigenvalue weighted by Crippen LogP contribution is -2.38. The van der Waals surface area contributed by atoms with E-state index in [1.54, 1.807) is 24.3 Å². The second kappa shape index (κ2) is 13.5. The lowest BCUT2D eigenvalue weighted by molar-refractivity contribution is -0.122. The number of amides is 1. The van der Waals surface area contributed by atoms with Gasteiger partial charge in [0.1, 0.15) is 6.54 Å². The molecular formula is C27H36N4O4S. The summed E-state index contributed by atoms with van der Waals surface area (Å²) in [6.45, 7) is 8.55. The van der Waals surface area contributed by atoms with E-state index in [0.717, 1.165) is 56.0 Å². The highest BCUT2D eigenvalue weighted by atomic mass is 32.2. The number of carbonyl (C=O) groups excluding carboxylic acids is 1. The fourth-order valence-electron chi connectivity index (χ4n) is 4.29. The number of morpholine rings is 1. The molecule has 1 amide bonds. The quantitative estimate of drug-likeness (QED) is 0.334. The third-order valence-electron chi connectivity index (χ3n) is 6.20. The lowest BCUT2D eigenvalue weighted by atomic mass is 9.88. The van der Waals surface area contributed by atoms with Gasteiger partial charge in [-0.25, -0.2) is 13.1 Å². The van der Waals surface area contributed by atoms with E-state index in [2.05, 4.69) is 28.8 Å². The molecule has 194 valence electrons. The van der Waals surface area contributed by atoms with Crippen molar-refractivity contribution in [3.05, 3.63) is 54.1 Å². The average molecular weight is 513 g/mol. The standard InChI is InChI=1S/C27H36N4O4S/c1-21(2)19-26(27(32)29-13-11-28)24-6-3-5-23(20-24)22-7-9-25(10-8-22)36(33,34)30-12-4-14-31-15-17-35-18-16-31/h3,5-10,20-21,26,30H,4,12-19H2,1-2H3,(H,29,32). The molecule has 0 saturated carbocycles. The maximum absolute atomic E-state index is 12.7. The van der Waals surface area contributed by atoms with Gasteiger partial charge in [-0.1, -0.05) is 50.2 Å². The number of carbonyl (C=O) groups is 1. The maximum atomic E-state index is 12.7. The highest BCUT2D eigenvalue weighted by Gasteiger charge is 2.22. The van der Waals surface area contributed by atoms with Gasteiger partial charge in [-0.2, -0.15) is 5.26 Å². The van der Waals surface area contributed by atoms with Gasteiger partial charge in [-0.3, -0.25) is 9.69 Å². The normalized spacial score (nSPS) is 15.4. The summed E-state index contributed by atoms with van der Waals surface area (Å²) in [4.78, 5) is 15.2. The molecule has 8 nitrogen and oxygen atoms in total. The molecule has 2 N–H and O–H groups in total. The van der Waals surface area contributed by atoms with Crippen molar-refractivity contribution >= 4 is 15.9 Å². The highest BCUT2D eigenvalue weighted by molar-refractivity contribution is 7.89. The Morgan fingerprint density at radius 2 is 1.83 bits per heavy atom. The first-order chi connectivity index (χ1) is 17.3. The number of sulfonamides is 1. The molecule has 0 aliphatic carbocycles. The molecule has 36 heavy (non-hydrogen) atoms. The van der Waals surface area contributed by atoms with Crippen LogP contribution in [0.2, 0.25) is 0 Å². The number of nitriles is 1. The predicted molar refractivity (Wildman–Crippen MR) is 140 cm³/mol. The second-order valence-electron chi connectivity index (χ2n) is 9.41. The SMILES string of the molecule is CC(C)CC(C(=O)NCC#N)c1cccc(-c2ccc(S(=O)(=O)NCCCN3CCOCC3)cc2)c1. The Morgan fingerprint density at radius 1 is 1.11 bits per heavy atom. The van der Waals surface area contributed by atoms with E-state index >= 15 is 0 Å². The first-order valence-electron chi connectivity index (χ1n) is 12.4. The Hall–Kier alpha value is -2.77. The van der Waals surface area contributed by atoms with Crippen LogP contribution < -0.4 is 10.0 Å². The number of rotatable bonds is 12. The molecule has 1 fully saturated rings. The molecule has 1 atom stereocenters. The highest BCUT2D eigenvalue weighted by Crippen LogP contribution is 2.29. The molecule has 0 aromatic heterocycles. The number of hydrogen-bond donors (Lipinski definition) is 2. The molecule has 1 unspecified atom stereocenters. The molecular weight excluding hydrogens is 476 g/mol. The van der Waals surface area contributed by atoms with E-state index in [1.165, 1.54) is 0 Å². The molecule has 1 aliphatic rings. The minimum atomic E-state index is -3.59. The van der Waals surface area contributed by atoms with Gasteiger partial charge in [0.05, 0.1) is 30.1 Å². The summed E-state index contributed by atoms with van der Waals surface area (Å²) in [5.41, 5.74) is 2.64. The fourth-order valence-corrected chi connectivity index (χ4v) is 5.37.